The second-order valence-electron chi connectivity index (χ2n) is 6.58. The third-order valence-corrected chi connectivity index (χ3v) is 4.58. The zero-order chi connectivity index (χ0) is 18.6. The van der Waals surface area contributed by atoms with Crippen molar-refractivity contribution in [3.8, 4) is 11.6 Å². The number of rotatable bonds is 5. The highest BCUT2D eigenvalue weighted by atomic mass is 16.5. The molecule has 3 aromatic rings. The highest BCUT2D eigenvalue weighted by Gasteiger charge is 2.14. The van der Waals surface area contributed by atoms with E-state index in [-0.39, 0.29) is 5.91 Å². The number of benzene rings is 1. The van der Waals surface area contributed by atoms with E-state index in [1.54, 1.807) is 18.2 Å². The van der Waals surface area contributed by atoms with E-state index in [0.29, 0.717) is 34.8 Å². The molecule has 1 aliphatic rings. The molecule has 0 bridgehead atoms. The molecule has 1 aliphatic heterocycles. The van der Waals surface area contributed by atoms with Crippen LogP contribution in [0.15, 0.2) is 40.8 Å². The molecular weight excluding hydrogens is 344 g/mol. The number of hydrogen-bond acceptors (Lipinski definition) is 6. The highest BCUT2D eigenvalue weighted by Crippen LogP contribution is 2.24. The Labute approximate surface area is 157 Å². The number of carbonyl (C=O) groups is 1. The van der Waals surface area contributed by atoms with Crippen LogP contribution in [0.1, 0.15) is 16.1 Å². The summed E-state index contributed by atoms with van der Waals surface area (Å²) in [6.45, 7) is 6.69. The zero-order valence-corrected chi connectivity index (χ0v) is 15.3. The number of aromatic nitrogens is 2. The normalized spacial score (nSPS) is 15.1. The van der Waals surface area contributed by atoms with E-state index in [2.05, 4.69) is 20.2 Å². The van der Waals surface area contributed by atoms with Gasteiger partial charge in [0, 0.05) is 37.4 Å². The van der Waals surface area contributed by atoms with Gasteiger partial charge in [-0.05, 0) is 37.3 Å². The van der Waals surface area contributed by atoms with Crippen molar-refractivity contribution >= 4 is 17.0 Å². The molecule has 1 amide bonds. The van der Waals surface area contributed by atoms with Crippen LogP contribution < -0.4 is 5.32 Å². The van der Waals surface area contributed by atoms with E-state index in [1.165, 1.54) is 0 Å². The zero-order valence-electron chi connectivity index (χ0n) is 15.3. The maximum Gasteiger partial charge on any atom is 0.251 e. The third-order valence-electron chi connectivity index (χ3n) is 4.58. The van der Waals surface area contributed by atoms with Crippen LogP contribution in [0.4, 0.5) is 0 Å². The largest absolute Gasteiger partial charge is 0.435 e. The third kappa shape index (κ3) is 4.15. The SMILES string of the molecule is Cc1cccc(-c2nc3ccc(C(=O)NCCN4CCOCC4)cc3o2)n1. The number of nitrogens with one attached hydrogen (secondary N) is 1. The molecule has 0 unspecified atom stereocenters. The number of carbonyl (C=O) groups excluding carboxylic acids is 1. The molecule has 0 saturated carbocycles. The lowest BCUT2D eigenvalue weighted by molar-refractivity contribution is 0.0383. The predicted octanol–water partition coefficient (Wildman–Crippen LogP) is 2.26. The Morgan fingerprint density at radius 3 is 2.85 bits per heavy atom. The quantitative estimate of drug-likeness (QED) is 0.746. The minimum absolute atomic E-state index is 0.114. The van der Waals surface area contributed by atoms with Crippen molar-refractivity contribution in [2.45, 2.75) is 6.92 Å². The summed E-state index contributed by atoms with van der Waals surface area (Å²) in [5.41, 5.74) is 3.43. The van der Waals surface area contributed by atoms with E-state index in [1.807, 2.05) is 25.1 Å². The van der Waals surface area contributed by atoms with Gasteiger partial charge in [0.05, 0.1) is 13.2 Å². The average molecular weight is 366 g/mol. The fourth-order valence-electron chi connectivity index (χ4n) is 3.09. The van der Waals surface area contributed by atoms with Gasteiger partial charge in [-0.3, -0.25) is 9.69 Å². The van der Waals surface area contributed by atoms with Crippen LogP contribution in [0, 0.1) is 6.92 Å². The molecule has 0 radical (unpaired) electrons. The average Bonchev–Trinajstić information content (AvgIpc) is 3.12. The number of fused-ring (bicyclic) bond motifs is 1. The van der Waals surface area contributed by atoms with Crippen LogP contribution in [0.5, 0.6) is 0 Å². The van der Waals surface area contributed by atoms with Gasteiger partial charge in [-0.2, -0.15) is 0 Å². The fourth-order valence-corrected chi connectivity index (χ4v) is 3.09. The minimum Gasteiger partial charge on any atom is -0.435 e. The summed E-state index contributed by atoms with van der Waals surface area (Å²) in [7, 11) is 0. The Morgan fingerprint density at radius 1 is 1.19 bits per heavy atom. The summed E-state index contributed by atoms with van der Waals surface area (Å²) < 4.78 is 11.2. The Bertz CT molecular complexity index is 947. The number of amides is 1. The van der Waals surface area contributed by atoms with Gasteiger partial charge in [-0.1, -0.05) is 6.07 Å². The summed E-state index contributed by atoms with van der Waals surface area (Å²) in [6.07, 6.45) is 0. The molecule has 0 atom stereocenters. The lowest BCUT2D eigenvalue weighted by Gasteiger charge is -2.26. The second-order valence-corrected chi connectivity index (χ2v) is 6.58. The van der Waals surface area contributed by atoms with Crippen LogP contribution in [0.2, 0.25) is 0 Å². The topological polar surface area (TPSA) is 80.5 Å². The number of aryl methyl sites for hydroxylation is 1. The van der Waals surface area contributed by atoms with Crippen LogP contribution in [0.25, 0.3) is 22.7 Å². The minimum atomic E-state index is -0.114. The van der Waals surface area contributed by atoms with Gasteiger partial charge in [0.1, 0.15) is 11.2 Å². The van der Waals surface area contributed by atoms with Crippen LogP contribution in [0.3, 0.4) is 0 Å². The number of nitrogens with zero attached hydrogens (tertiary/aromatic N) is 3. The van der Waals surface area contributed by atoms with E-state index >= 15 is 0 Å². The van der Waals surface area contributed by atoms with Crippen molar-refractivity contribution in [2.24, 2.45) is 0 Å². The lowest BCUT2D eigenvalue weighted by Crippen LogP contribution is -2.41. The van der Waals surface area contributed by atoms with Crippen molar-refractivity contribution in [2.75, 3.05) is 39.4 Å². The monoisotopic (exact) mass is 366 g/mol. The number of pyridine rings is 1. The van der Waals surface area contributed by atoms with Gasteiger partial charge >= 0.3 is 0 Å². The van der Waals surface area contributed by atoms with Gasteiger partial charge in [0.25, 0.3) is 5.91 Å². The Kier molecular flexibility index (Phi) is 5.13. The van der Waals surface area contributed by atoms with Crippen molar-refractivity contribution in [1.82, 2.24) is 20.2 Å². The first-order valence-electron chi connectivity index (χ1n) is 9.12. The Hall–Kier alpha value is -2.77. The Balaban J connectivity index is 1.43. The molecule has 1 fully saturated rings. The molecule has 1 aromatic carbocycles. The molecular formula is C20H22N4O3. The number of hydrogen-bond donors (Lipinski definition) is 1. The maximum atomic E-state index is 12.4. The molecule has 7 heteroatoms. The summed E-state index contributed by atoms with van der Waals surface area (Å²) in [6, 6.07) is 11.0. The van der Waals surface area contributed by atoms with Crippen molar-refractivity contribution in [3.05, 3.63) is 47.7 Å². The highest BCUT2D eigenvalue weighted by molar-refractivity contribution is 5.97. The van der Waals surface area contributed by atoms with Crippen LogP contribution >= 0.6 is 0 Å². The summed E-state index contributed by atoms with van der Waals surface area (Å²) >= 11 is 0. The molecule has 3 heterocycles. The van der Waals surface area contributed by atoms with Gasteiger partial charge in [0.15, 0.2) is 5.58 Å². The van der Waals surface area contributed by atoms with Crippen molar-refractivity contribution < 1.29 is 13.9 Å². The smallest absolute Gasteiger partial charge is 0.251 e. The number of ether oxygens (including phenoxy) is 1. The first kappa shape index (κ1) is 17.6. The second kappa shape index (κ2) is 7.85. The molecule has 2 aromatic heterocycles. The van der Waals surface area contributed by atoms with E-state index in [0.717, 1.165) is 38.5 Å². The summed E-state index contributed by atoms with van der Waals surface area (Å²) in [5.74, 6) is 0.343. The van der Waals surface area contributed by atoms with E-state index in [9.17, 15) is 4.79 Å². The first-order chi connectivity index (χ1) is 13.2. The lowest BCUT2D eigenvalue weighted by atomic mass is 10.2. The molecule has 140 valence electrons. The first-order valence-corrected chi connectivity index (χ1v) is 9.12. The van der Waals surface area contributed by atoms with E-state index in [4.69, 9.17) is 9.15 Å². The van der Waals surface area contributed by atoms with Crippen molar-refractivity contribution in [1.29, 1.82) is 0 Å². The predicted molar refractivity (Wildman–Crippen MR) is 102 cm³/mol. The summed E-state index contributed by atoms with van der Waals surface area (Å²) in [5, 5.41) is 2.96. The van der Waals surface area contributed by atoms with Crippen LogP contribution in [-0.2, 0) is 4.74 Å². The molecule has 1 N–H and O–H groups in total. The van der Waals surface area contributed by atoms with Crippen LogP contribution in [-0.4, -0.2) is 60.2 Å². The molecule has 1 saturated heterocycles. The van der Waals surface area contributed by atoms with E-state index < -0.39 is 0 Å². The van der Waals surface area contributed by atoms with Crippen molar-refractivity contribution in [3.63, 3.8) is 0 Å². The maximum absolute atomic E-state index is 12.4. The standard InChI is InChI=1S/C20H22N4O3/c1-14-3-2-4-17(22-14)20-23-16-6-5-15(13-18(16)27-20)19(25)21-7-8-24-9-11-26-12-10-24/h2-6,13H,7-12H2,1H3,(H,21,25). The van der Waals surface area contributed by atoms with Gasteiger partial charge < -0.3 is 14.5 Å². The molecule has 7 nitrogen and oxygen atoms in total. The fraction of sp³-hybridized carbons (Fsp3) is 0.350. The van der Waals surface area contributed by atoms with Gasteiger partial charge in [-0.15, -0.1) is 0 Å². The summed E-state index contributed by atoms with van der Waals surface area (Å²) in [4.78, 5) is 23.6. The number of morpholine rings is 1. The number of oxazole rings is 1. The molecule has 4 rings (SSSR count). The molecule has 0 aliphatic carbocycles. The van der Waals surface area contributed by atoms with Gasteiger partial charge in [-0.25, -0.2) is 9.97 Å². The molecule has 27 heavy (non-hydrogen) atoms. The Morgan fingerprint density at radius 2 is 2.04 bits per heavy atom. The molecule has 0 spiro atoms. The van der Waals surface area contributed by atoms with Gasteiger partial charge in [0.2, 0.25) is 5.89 Å².